The van der Waals surface area contributed by atoms with Gasteiger partial charge in [0.05, 0.1) is 23.2 Å². The molecule has 0 spiro atoms. The Labute approximate surface area is 358 Å². The number of aliphatic hydroxyl groups excluding tert-OH is 1. The van der Waals surface area contributed by atoms with E-state index in [1.54, 1.807) is 0 Å². The first-order valence-corrected chi connectivity index (χ1v) is 23.8. The minimum Gasteiger partial charge on any atom is -0.491 e. The molecule has 6 rings (SSSR count). The monoisotopic (exact) mass is 850 g/mol. The van der Waals surface area contributed by atoms with Crippen molar-refractivity contribution in [1.82, 2.24) is 19.7 Å². The van der Waals surface area contributed by atoms with Gasteiger partial charge in [0.25, 0.3) is 0 Å². The zero-order valence-corrected chi connectivity index (χ0v) is 40.1. The van der Waals surface area contributed by atoms with Crippen molar-refractivity contribution in [3.8, 4) is 5.75 Å². The van der Waals surface area contributed by atoms with Gasteiger partial charge in [-0.25, -0.2) is 17.2 Å². The molecular weight excluding hydrogens is 769 g/mol. The standard InChI is InChI=1S/C33H43F2N5O3S.C7H16.3C2H6.CH4O/c1-4-37-11-7-24(8-12-37)38-15-17-39(18-16-38)25-9-13-40(14-10-25)32-27-19-23(2)5-6-30(27)36-22-31(32)44(41,42)26-20-28(34)33(43-3)29(35)21-26;1-5-6-7(2,3)4;4*1-2/h5-6,19-22,24-25H,4,7-18H2,1-3H3;5-6H2,1-4H3;3*1-2H3;2H,1H3. The van der Waals surface area contributed by atoms with Crippen LogP contribution in [0, 0.1) is 24.0 Å². The zero-order valence-electron chi connectivity index (χ0n) is 39.3. The van der Waals surface area contributed by atoms with Gasteiger partial charge in [0.2, 0.25) is 9.84 Å². The predicted molar refractivity (Wildman–Crippen MR) is 245 cm³/mol. The summed E-state index contributed by atoms with van der Waals surface area (Å²) in [6, 6.07) is 8.55. The van der Waals surface area contributed by atoms with Crippen molar-refractivity contribution in [3.05, 3.63) is 53.7 Å². The Morgan fingerprint density at radius 1 is 0.780 bits per heavy atom. The zero-order chi connectivity index (χ0) is 44.9. The first-order chi connectivity index (χ1) is 28.2. The Kier molecular flexibility index (Phi) is 24.9. The topological polar surface area (TPSA) is 89.5 Å². The molecule has 9 nitrogen and oxygen atoms in total. The van der Waals surface area contributed by atoms with Crippen molar-refractivity contribution in [1.29, 1.82) is 0 Å². The second kappa shape index (κ2) is 27.1. The third-order valence-electron chi connectivity index (χ3n) is 10.9. The Hall–Kier alpha value is -2.90. The summed E-state index contributed by atoms with van der Waals surface area (Å²) in [7, 11) is -2.17. The molecule has 3 aliphatic rings. The van der Waals surface area contributed by atoms with E-state index in [0.29, 0.717) is 41.8 Å². The molecule has 1 N–H and O–H groups in total. The molecule has 1 aromatic heterocycles. The van der Waals surface area contributed by atoms with Crippen LogP contribution in [0.4, 0.5) is 14.5 Å². The van der Waals surface area contributed by atoms with Crippen molar-refractivity contribution in [3.63, 3.8) is 0 Å². The quantitative estimate of drug-likeness (QED) is 0.238. The molecule has 0 aliphatic carbocycles. The lowest BCUT2D eigenvalue weighted by Gasteiger charge is -2.46. The van der Waals surface area contributed by atoms with Gasteiger partial charge in [0.1, 0.15) is 4.90 Å². The average Bonchev–Trinajstić information content (AvgIpc) is 3.26. The number of pyridine rings is 1. The molecule has 0 amide bonds. The van der Waals surface area contributed by atoms with Crippen LogP contribution in [0.15, 0.2) is 46.3 Å². The first-order valence-electron chi connectivity index (χ1n) is 22.3. The number of fused-ring (bicyclic) bond motifs is 1. The third-order valence-corrected chi connectivity index (χ3v) is 12.6. The average molecular weight is 850 g/mol. The predicted octanol–water partition coefficient (Wildman–Crippen LogP) is 10.3. The fourth-order valence-electron chi connectivity index (χ4n) is 8.08. The van der Waals surface area contributed by atoms with Crippen molar-refractivity contribution in [2.24, 2.45) is 5.41 Å². The van der Waals surface area contributed by atoms with Crippen LogP contribution in [0.2, 0.25) is 0 Å². The highest BCUT2D eigenvalue weighted by Gasteiger charge is 2.34. The number of halogens is 2. The lowest BCUT2D eigenvalue weighted by Crippen LogP contribution is -2.56. The number of rotatable bonds is 8. The summed E-state index contributed by atoms with van der Waals surface area (Å²) in [6.07, 6.45) is 8.32. The molecule has 0 atom stereocenters. The van der Waals surface area contributed by atoms with Gasteiger partial charge in [0, 0.05) is 70.0 Å². The number of piperidine rings is 2. The number of likely N-dealkylation sites (tertiary alicyclic amines) is 1. The number of methoxy groups -OCH3 is 1. The molecule has 59 heavy (non-hydrogen) atoms. The summed E-state index contributed by atoms with van der Waals surface area (Å²) in [4.78, 5) is 13.9. The van der Waals surface area contributed by atoms with Crippen LogP contribution < -0.4 is 9.64 Å². The van der Waals surface area contributed by atoms with E-state index in [-0.39, 0.29) is 4.90 Å². The molecule has 0 saturated carbocycles. The highest BCUT2D eigenvalue weighted by atomic mass is 32.2. The lowest BCUT2D eigenvalue weighted by molar-refractivity contribution is 0.0384. The van der Waals surface area contributed by atoms with Crippen LogP contribution in [0.1, 0.15) is 120 Å². The fourth-order valence-corrected chi connectivity index (χ4v) is 9.54. The Morgan fingerprint density at radius 2 is 1.25 bits per heavy atom. The molecule has 0 bridgehead atoms. The third kappa shape index (κ3) is 15.2. The number of nitrogens with zero attached hydrogens (tertiary/aromatic N) is 5. The number of sulfone groups is 1. The maximum Gasteiger partial charge on any atom is 0.210 e. The molecule has 3 aromatic rings. The Bertz CT molecular complexity index is 1710. The Balaban J connectivity index is 0.00000102. The number of hydrogen-bond donors (Lipinski definition) is 1. The van der Waals surface area contributed by atoms with Crippen LogP contribution in [0.5, 0.6) is 5.75 Å². The number of aromatic nitrogens is 1. The first kappa shape index (κ1) is 54.1. The molecule has 0 radical (unpaired) electrons. The summed E-state index contributed by atoms with van der Waals surface area (Å²) in [5, 5.41) is 7.72. The van der Waals surface area contributed by atoms with Crippen molar-refractivity contribution >= 4 is 26.4 Å². The normalized spacial score (nSPS) is 17.1. The number of ether oxygens (including phenoxy) is 1. The molecule has 12 heteroatoms. The van der Waals surface area contributed by atoms with E-state index in [1.165, 1.54) is 45.0 Å². The molecule has 0 unspecified atom stereocenters. The molecular formula is C47H81F2N5O4S. The van der Waals surface area contributed by atoms with Gasteiger partial charge in [-0.15, -0.1) is 0 Å². The van der Waals surface area contributed by atoms with E-state index in [9.17, 15) is 17.2 Å². The van der Waals surface area contributed by atoms with Gasteiger partial charge in [-0.2, -0.15) is 0 Å². The second-order valence-electron chi connectivity index (χ2n) is 15.7. The smallest absolute Gasteiger partial charge is 0.210 e. The maximum atomic E-state index is 14.6. The molecule has 2 aromatic carbocycles. The summed E-state index contributed by atoms with van der Waals surface area (Å²) in [6.45, 7) is 34.5. The van der Waals surface area contributed by atoms with Crippen LogP contribution in [0.3, 0.4) is 0 Å². The highest BCUT2D eigenvalue weighted by molar-refractivity contribution is 7.91. The summed E-state index contributed by atoms with van der Waals surface area (Å²) >= 11 is 0. The molecule has 4 heterocycles. The van der Waals surface area contributed by atoms with E-state index in [1.807, 2.05) is 66.7 Å². The van der Waals surface area contributed by atoms with Gasteiger partial charge < -0.3 is 19.6 Å². The van der Waals surface area contributed by atoms with Crippen LogP contribution >= 0.6 is 0 Å². The SMILES string of the molecule is CC.CC.CC.CCCC(C)(C)C.CCN1CCC(N2CCN(C3CCN(c4c(S(=O)(=O)c5cc(F)c(OC)c(F)c5)cnc5ccc(C)cc45)CC3)CC2)CC1.CO. The lowest BCUT2D eigenvalue weighted by atomic mass is 9.91. The number of hydrogen-bond acceptors (Lipinski definition) is 9. The number of piperazine rings is 1. The number of benzene rings is 2. The van der Waals surface area contributed by atoms with Gasteiger partial charge in [-0.1, -0.05) is 94.2 Å². The van der Waals surface area contributed by atoms with Gasteiger partial charge in [0.15, 0.2) is 17.4 Å². The number of anilines is 1. The van der Waals surface area contributed by atoms with Crippen LogP contribution in [-0.2, 0) is 9.84 Å². The minimum atomic E-state index is -4.31. The van der Waals surface area contributed by atoms with Crippen LogP contribution in [0.25, 0.3) is 10.9 Å². The fraction of sp³-hybridized carbons (Fsp3) is 0.681. The summed E-state index contributed by atoms with van der Waals surface area (Å²) in [5.41, 5.74) is 2.76. The van der Waals surface area contributed by atoms with E-state index >= 15 is 0 Å². The number of aliphatic hydroxyl groups is 1. The van der Waals surface area contributed by atoms with Crippen molar-refractivity contribution in [2.45, 2.75) is 143 Å². The summed E-state index contributed by atoms with van der Waals surface area (Å²) in [5.74, 6) is -2.74. The Morgan fingerprint density at radius 3 is 1.66 bits per heavy atom. The van der Waals surface area contributed by atoms with E-state index in [0.717, 1.165) is 82.9 Å². The minimum absolute atomic E-state index is 0.0410. The van der Waals surface area contributed by atoms with Crippen LogP contribution in [-0.4, -0.2) is 118 Å². The van der Waals surface area contributed by atoms with Gasteiger partial charge in [-0.05, 0) is 88.3 Å². The summed E-state index contributed by atoms with van der Waals surface area (Å²) < 4.78 is 62.0. The molecule has 338 valence electrons. The maximum absolute atomic E-state index is 14.6. The molecule has 3 saturated heterocycles. The van der Waals surface area contributed by atoms with Crippen molar-refractivity contribution in [2.75, 3.05) is 78.0 Å². The second-order valence-corrected chi connectivity index (χ2v) is 17.6. The van der Waals surface area contributed by atoms with E-state index in [4.69, 9.17) is 9.84 Å². The van der Waals surface area contributed by atoms with E-state index in [2.05, 4.69) is 59.2 Å². The van der Waals surface area contributed by atoms with Gasteiger partial charge in [-0.3, -0.25) is 14.8 Å². The molecule has 3 aliphatic heterocycles. The molecule has 3 fully saturated rings. The largest absolute Gasteiger partial charge is 0.491 e. The number of aryl methyl sites for hydroxylation is 1. The highest BCUT2D eigenvalue weighted by Crippen LogP contribution is 2.39. The van der Waals surface area contributed by atoms with Crippen molar-refractivity contribution < 1.29 is 27.0 Å². The van der Waals surface area contributed by atoms with E-state index < -0.39 is 32.1 Å². The van der Waals surface area contributed by atoms with Gasteiger partial charge >= 0.3 is 0 Å².